The zero-order valence-electron chi connectivity index (χ0n) is 2.76. The molecule has 0 aliphatic heterocycles. The van der Waals surface area contributed by atoms with E-state index in [0.717, 1.165) is 0 Å². The molecule has 0 radical (unpaired) electrons. The van der Waals surface area contributed by atoms with Crippen LogP contribution >= 0.6 is 12.9 Å². The topological polar surface area (TPSA) is 26.3 Å². The van der Waals surface area contributed by atoms with Crippen LogP contribution < -0.4 is 0 Å². The van der Waals surface area contributed by atoms with Gasteiger partial charge in [0.05, 0.1) is 0 Å². The number of thiol groups is 1. The molecule has 0 aromatic heterocycles. The second kappa shape index (κ2) is 5.82. The summed E-state index contributed by atoms with van der Waals surface area (Å²) in [6, 6.07) is 0. The van der Waals surface area contributed by atoms with E-state index in [9.17, 15) is 4.79 Å². The van der Waals surface area contributed by atoms with Crippen molar-refractivity contribution in [2.45, 2.75) is 6.92 Å². The predicted molar refractivity (Wildman–Crippen MR) is 27.9 cm³/mol. The van der Waals surface area contributed by atoms with Crippen molar-refractivity contribution in [1.82, 2.24) is 0 Å². The van der Waals surface area contributed by atoms with Gasteiger partial charge < -0.3 is 4.18 Å². The Morgan fingerprint density at radius 1 is 1.83 bits per heavy atom. The fourth-order valence-electron chi connectivity index (χ4n) is 0. The van der Waals surface area contributed by atoms with Gasteiger partial charge in [0.1, 0.15) is 0 Å². The third kappa shape index (κ3) is 8.84. The molecular formula is C2H5NaO2S. The van der Waals surface area contributed by atoms with Gasteiger partial charge in [0.25, 0.3) is 0 Å². The molecule has 4 heteroatoms. The van der Waals surface area contributed by atoms with Gasteiger partial charge in [-0.1, -0.05) is 0 Å². The zero-order valence-corrected chi connectivity index (χ0v) is 3.66. The Kier molecular flexibility index (Phi) is 9.65. The van der Waals surface area contributed by atoms with E-state index in [0.29, 0.717) is 0 Å². The molecule has 0 bridgehead atoms. The van der Waals surface area contributed by atoms with Gasteiger partial charge in [-0.05, 0) is 0 Å². The molecule has 0 amide bonds. The summed E-state index contributed by atoms with van der Waals surface area (Å²) in [5, 5.41) is 0. The van der Waals surface area contributed by atoms with Crippen molar-refractivity contribution in [3.8, 4) is 0 Å². The SMILES string of the molecule is CC(=O)OS.[NaH]. The van der Waals surface area contributed by atoms with E-state index in [-0.39, 0.29) is 35.5 Å². The Morgan fingerprint density at radius 2 is 2.00 bits per heavy atom. The Hall–Kier alpha value is 0.820. The van der Waals surface area contributed by atoms with Crippen LogP contribution in [0.5, 0.6) is 0 Å². The standard InChI is InChI=1S/C2H4O2S.Na.H/c1-2(3)4-5;;/h5H,1H3;;. The average Bonchev–Trinajstić information content (AvgIpc) is 1.38. The van der Waals surface area contributed by atoms with Gasteiger partial charge in [0.2, 0.25) is 0 Å². The van der Waals surface area contributed by atoms with Crippen LogP contribution in [-0.2, 0) is 8.98 Å². The molecule has 32 valence electrons. The third-order valence-electron chi connectivity index (χ3n) is 0.129. The molecule has 0 saturated heterocycles. The molecule has 0 spiro atoms. The van der Waals surface area contributed by atoms with Crippen LogP contribution in [0.4, 0.5) is 0 Å². The molecule has 2 nitrogen and oxygen atoms in total. The number of carbonyl (C=O) groups excluding carboxylic acids is 1. The second-order valence-corrected chi connectivity index (χ2v) is 0.765. The maximum atomic E-state index is 9.51. The van der Waals surface area contributed by atoms with Crippen LogP contribution in [-0.4, -0.2) is 35.5 Å². The monoisotopic (exact) mass is 116 g/mol. The first-order chi connectivity index (χ1) is 2.27. The molecule has 0 rings (SSSR count). The van der Waals surface area contributed by atoms with E-state index < -0.39 is 0 Å². The third-order valence-corrected chi connectivity index (χ3v) is 0.386. The van der Waals surface area contributed by atoms with Crippen molar-refractivity contribution in [1.29, 1.82) is 0 Å². The van der Waals surface area contributed by atoms with Crippen LogP contribution in [0.2, 0.25) is 0 Å². The van der Waals surface area contributed by atoms with Crippen LogP contribution in [0.1, 0.15) is 6.92 Å². The van der Waals surface area contributed by atoms with Crippen molar-refractivity contribution in [3.63, 3.8) is 0 Å². The fraction of sp³-hybridized carbons (Fsp3) is 0.500. The fourth-order valence-corrected chi connectivity index (χ4v) is 0. The van der Waals surface area contributed by atoms with Gasteiger partial charge in [-0.25, -0.2) is 0 Å². The Balaban J connectivity index is 0. The van der Waals surface area contributed by atoms with E-state index in [1.807, 2.05) is 0 Å². The first-order valence-corrected chi connectivity index (χ1v) is 1.46. The van der Waals surface area contributed by atoms with Gasteiger partial charge in [-0.3, -0.25) is 4.79 Å². The van der Waals surface area contributed by atoms with Gasteiger partial charge in [0.15, 0.2) is 0 Å². The number of hydrogen-bond acceptors (Lipinski definition) is 3. The Labute approximate surface area is 64.2 Å². The minimum atomic E-state index is -0.381. The summed E-state index contributed by atoms with van der Waals surface area (Å²) in [6.45, 7) is 1.28. The predicted octanol–water partition coefficient (Wildman–Crippen LogP) is -0.254. The molecule has 0 heterocycles. The Morgan fingerprint density at radius 3 is 2.00 bits per heavy atom. The van der Waals surface area contributed by atoms with Crippen molar-refractivity contribution in [2.24, 2.45) is 0 Å². The summed E-state index contributed by atoms with van der Waals surface area (Å²) < 4.78 is 3.81. The van der Waals surface area contributed by atoms with Crippen LogP contribution in [0.3, 0.4) is 0 Å². The van der Waals surface area contributed by atoms with Crippen molar-refractivity contribution < 1.29 is 8.98 Å². The summed E-state index contributed by atoms with van der Waals surface area (Å²) in [4.78, 5) is 9.51. The summed E-state index contributed by atoms with van der Waals surface area (Å²) in [7, 11) is 0. The van der Waals surface area contributed by atoms with Gasteiger partial charge in [0, 0.05) is 19.8 Å². The minimum absolute atomic E-state index is 0. The molecule has 0 aromatic carbocycles. The number of rotatable bonds is 0. The molecule has 0 aliphatic rings. The molecule has 0 atom stereocenters. The zero-order chi connectivity index (χ0) is 4.28. The molecule has 0 N–H and O–H groups in total. The van der Waals surface area contributed by atoms with Crippen LogP contribution in [0.15, 0.2) is 0 Å². The molecular weight excluding hydrogens is 111 g/mol. The average molecular weight is 116 g/mol. The quantitative estimate of drug-likeness (QED) is 0.268. The van der Waals surface area contributed by atoms with Crippen LogP contribution in [0, 0.1) is 0 Å². The van der Waals surface area contributed by atoms with E-state index in [4.69, 9.17) is 0 Å². The van der Waals surface area contributed by atoms with E-state index in [1.165, 1.54) is 6.92 Å². The van der Waals surface area contributed by atoms with Crippen molar-refractivity contribution in [2.75, 3.05) is 0 Å². The second-order valence-electron chi connectivity index (χ2n) is 0.583. The van der Waals surface area contributed by atoms with Gasteiger partial charge >= 0.3 is 35.5 Å². The normalized spacial score (nSPS) is 5.67. The van der Waals surface area contributed by atoms with Gasteiger partial charge in [-0.15, -0.1) is 0 Å². The van der Waals surface area contributed by atoms with Crippen molar-refractivity contribution in [3.05, 3.63) is 0 Å². The number of carbonyl (C=O) groups is 1. The first-order valence-electron chi connectivity index (χ1n) is 1.09. The molecule has 0 fully saturated rings. The molecule has 0 aromatic rings. The van der Waals surface area contributed by atoms with Gasteiger partial charge in [-0.2, -0.15) is 0 Å². The summed E-state index contributed by atoms with van der Waals surface area (Å²) in [5.41, 5.74) is 0. The van der Waals surface area contributed by atoms with E-state index in [2.05, 4.69) is 17.1 Å². The number of hydrogen-bond donors (Lipinski definition) is 1. The molecule has 6 heavy (non-hydrogen) atoms. The molecule has 0 aliphatic carbocycles. The van der Waals surface area contributed by atoms with Crippen LogP contribution in [0.25, 0.3) is 0 Å². The summed E-state index contributed by atoms with van der Waals surface area (Å²) in [5.74, 6) is -0.381. The van der Waals surface area contributed by atoms with E-state index in [1.54, 1.807) is 0 Å². The van der Waals surface area contributed by atoms with Crippen molar-refractivity contribution >= 4 is 48.4 Å². The maximum absolute atomic E-state index is 9.51. The van der Waals surface area contributed by atoms with E-state index >= 15 is 0 Å². The Bertz CT molecular complexity index is 46.8. The molecule has 0 unspecified atom stereocenters. The molecule has 0 saturated carbocycles. The first kappa shape index (κ1) is 9.94. The summed E-state index contributed by atoms with van der Waals surface area (Å²) >= 11 is 3.17. The summed E-state index contributed by atoms with van der Waals surface area (Å²) in [6.07, 6.45) is 0.